The Bertz CT molecular complexity index is 522. The van der Waals surface area contributed by atoms with E-state index in [4.69, 9.17) is 4.52 Å². The minimum absolute atomic E-state index is 0.150. The monoisotopic (exact) mass is 235 g/mol. The van der Waals surface area contributed by atoms with Crippen LogP contribution in [0.15, 0.2) is 28.8 Å². The molecule has 2 aromatic rings. The van der Waals surface area contributed by atoms with Gasteiger partial charge in [-0.05, 0) is 31.2 Å². The zero-order valence-electron chi connectivity index (χ0n) is 9.11. The molecule has 0 saturated carbocycles. The second-order valence-corrected chi connectivity index (χ2v) is 3.42. The van der Waals surface area contributed by atoms with Crippen LogP contribution in [-0.4, -0.2) is 16.0 Å². The Balaban J connectivity index is 1.95. The van der Waals surface area contributed by atoms with Gasteiger partial charge in [0.1, 0.15) is 5.82 Å². The van der Waals surface area contributed by atoms with Gasteiger partial charge in [-0.25, -0.2) is 4.39 Å². The van der Waals surface area contributed by atoms with Gasteiger partial charge in [0.05, 0.1) is 6.54 Å². The first-order chi connectivity index (χ1) is 8.15. The summed E-state index contributed by atoms with van der Waals surface area (Å²) in [4.78, 5) is 15.6. The normalized spacial score (nSPS) is 10.2. The van der Waals surface area contributed by atoms with Gasteiger partial charge in [0.25, 0.3) is 5.91 Å². The highest BCUT2D eigenvalue weighted by molar-refractivity contribution is 5.93. The first-order valence-corrected chi connectivity index (χ1v) is 4.98. The number of rotatable bonds is 3. The van der Waals surface area contributed by atoms with Crippen molar-refractivity contribution in [2.45, 2.75) is 13.5 Å². The molecule has 0 radical (unpaired) electrons. The first kappa shape index (κ1) is 11.3. The van der Waals surface area contributed by atoms with Crippen LogP contribution in [0.1, 0.15) is 22.1 Å². The van der Waals surface area contributed by atoms with Crippen molar-refractivity contribution in [3.63, 3.8) is 0 Å². The lowest BCUT2D eigenvalue weighted by Crippen LogP contribution is -2.22. The van der Waals surface area contributed by atoms with Gasteiger partial charge in [-0.15, -0.1) is 0 Å². The second kappa shape index (κ2) is 4.73. The van der Waals surface area contributed by atoms with Crippen LogP contribution >= 0.6 is 0 Å². The van der Waals surface area contributed by atoms with Gasteiger partial charge >= 0.3 is 0 Å². The number of hydrogen-bond donors (Lipinski definition) is 1. The van der Waals surface area contributed by atoms with Gasteiger partial charge in [-0.1, -0.05) is 5.16 Å². The van der Waals surface area contributed by atoms with Crippen molar-refractivity contribution >= 4 is 5.91 Å². The first-order valence-electron chi connectivity index (χ1n) is 4.98. The van der Waals surface area contributed by atoms with E-state index >= 15 is 0 Å². The van der Waals surface area contributed by atoms with Gasteiger partial charge in [0.15, 0.2) is 5.82 Å². The van der Waals surface area contributed by atoms with Crippen molar-refractivity contribution in [2.75, 3.05) is 0 Å². The van der Waals surface area contributed by atoms with Gasteiger partial charge in [-0.2, -0.15) is 4.98 Å². The summed E-state index contributed by atoms with van der Waals surface area (Å²) in [5.74, 6) is 0.143. The molecule has 0 aliphatic rings. The van der Waals surface area contributed by atoms with Crippen LogP contribution in [0.25, 0.3) is 0 Å². The number of amides is 1. The summed E-state index contributed by atoms with van der Waals surface area (Å²) < 4.78 is 17.5. The van der Waals surface area contributed by atoms with E-state index in [2.05, 4.69) is 15.5 Å². The van der Waals surface area contributed by atoms with Crippen LogP contribution in [0.3, 0.4) is 0 Å². The summed E-state index contributed by atoms with van der Waals surface area (Å²) in [6.07, 6.45) is 0. The average molecular weight is 235 g/mol. The number of halogens is 1. The minimum atomic E-state index is -0.380. The van der Waals surface area contributed by atoms with Crippen LogP contribution < -0.4 is 5.32 Å². The highest BCUT2D eigenvalue weighted by Gasteiger charge is 2.08. The zero-order chi connectivity index (χ0) is 12.3. The molecular formula is C11H10FN3O2. The molecule has 0 aliphatic carbocycles. The van der Waals surface area contributed by atoms with Gasteiger partial charge in [0.2, 0.25) is 5.89 Å². The molecule has 1 heterocycles. The molecule has 1 amide bonds. The summed E-state index contributed by atoms with van der Waals surface area (Å²) in [5.41, 5.74) is 0.377. The Morgan fingerprint density at radius 2 is 2.12 bits per heavy atom. The van der Waals surface area contributed by atoms with E-state index in [0.717, 1.165) is 0 Å². The van der Waals surface area contributed by atoms with Gasteiger partial charge in [-0.3, -0.25) is 4.79 Å². The van der Waals surface area contributed by atoms with Crippen molar-refractivity contribution in [1.82, 2.24) is 15.5 Å². The van der Waals surface area contributed by atoms with Crippen LogP contribution in [-0.2, 0) is 6.54 Å². The Morgan fingerprint density at radius 1 is 1.41 bits per heavy atom. The SMILES string of the molecule is Cc1noc(CNC(=O)c2ccc(F)cc2)n1. The molecule has 0 bridgehead atoms. The number of benzene rings is 1. The fourth-order valence-corrected chi connectivity index (χ4v) is 1.27. The van der Waals surface area contributed by atoms with Crippen molar-refractivity contribution in [1.29, 1.82) is 0 Å². The number of aromatic nitrogens is 2. The van der Waals surface area contributed by atoms with E-state index in [1.54, 1.807) is 6.92 Å². The number of aryl methyl sites for hydroxylation is 1. The Labute approximate surface area is 96.6 Å². The molecule has 0 atom stereocenters. The van der Waals surface area contributed by atoms with E-state index in [1.165, 1.54) is 24.3 Å². The largest absolute Gasteiger partial charge is 0.343 e. The fourth-order valence-electron chi connectivity index (χ4n) is 1.27. The number of carbonyl (C=O) groups excluding carboxylic acids is 1. The lowest BCUT2D eigenvalue weighted by molar-refractivity contribution is 0.0946. The van der Waals surface area contributed by atoms with Crippen molar-refractivity contribution in [3.8, 4) is 0 Å². The highest BCUT2D eigenvalue weighted by Crippen LogP contribution is 2.03. The van der Waals surface area contributed by atoms with Crippen molar-refractivity contribution in [2.24, 2.45) is 0 Å². The maximum absolute atomic E-state index is 12.6. The summed E-state index contributed by atoms with van der Waals surface area (Å²) in [6.45, 7) is 1.84. The molecule has 88 valence electrons. The second-order valence-electron chi connectivity index (χ2n) is 3.42. The number of nitrogens with one attached hydrogen (secondary N) is 1. The third kappa shape index (κ3) is 2.87. The zero-order valence-corrected chi connectivity index (χ0v) is 9.11. The molecule has 1 aromatic carbocycles. The number of hydrogen-bond acceptors (Lipinski definition) is 4. The summed E-state index contributed by atoms with van der Waals surface area (Å²) in [6, 6.07) is 5.27. The Morgan fingerprint density at radius 3 is 2.71 bits per heavy atom. The van der Waals surface area contributed by atoms with E-state index in [0.29, 0.717) is 17.3 Å². The molecular weight excluding hydrogens is 225 g/mol. The predicted molar refractivity (Wildman–Crippen MR) is 56.6 cm³/mol. The molecule has 0 unspecified atom stereocenters. The molecule has 0 fully saturated rings. The molecule has 0 spiro atoms. The molecule has 17 heavy (non-hydrogen) atoms. The summed E-state index contributed by atoms with van der Waals surface area (Å²) >= 11 is 0. The smallest absolute Gasteiger partial charge is 0.251 e. The maximum atomic E-state index is 12.6. The van der Waals surface area contributed by atoms with Crippen molar-refractivity contribution in [3.05, 3.63) is 47.4 Å². The number of nitrogens with zero attached hydrogens (tertiary/aromatic N) is 2. The van der Waals surface area contributed by atoms with E-state index in [9.17, 15) is 9.18 Å². The fraction of sp³-hybridized carbons (Fsp3) is 0.182. The maximum Gasteiger partial charge on any atom is 0.251 e. The standard InChI is InChI=1S/C11H10FN3O2/c1-7-14-10(17-15-7)6-13-11(16)8-2-4-9(12)5-3-8/h2-5H,6H2,1H3,(H,13,16). The van der Waals surface area contributed by atoms with Crippen LogP contribution in [0.5, 0.6) is 0 Å². The molecule has 6 heteroatoms. The van der Waals surface area contributed by atoms with Gasteiger partial charge < -0.3 is 9.84 Å². The van der Waals surface area contributed by atoms with Crippen LogP contribution in [0.4, 0.5) is 4.39 Å². The molecule has 1 N–H and O–H groups in total. The molecule has 0 aliphatic heterocycles. The lowest BCUT2D eigenvalue weighted by Gasteiger charge is -2.01. The summed E-state index contributed by atoms with van der Waals surface area (Å²) in [5, 5.41) is 6.18. The van der Waals surface area contributed by atoms with Crippen LogP contribution in [0, 0.1) is 12.7 Å². The quantitative estimate of drug-likeness (QED) is 0.874. The third-order valence-corrected chi connectivity index (χ3v) is 2.08. The molecule has 1 aromatic heterocycles. The van der Waals surface area contributed by atoms with E-state index in [1.807, 2.05) is 0 Å². The van der Waals surface area contributed by atoms with Gasteiger partial charge in [0, 0.05) is 5.56 Å². The van der Waals surface area contributed by atoms with E-state index < -0.39 is 0 Å². The highest BCUT2D eigenvalue weighted by atomic mass is 19.1. The lowest BCUT2D eigenvalue weighted by atomic mass is 10.2. The topological polar surface area (TPSA) is 68.0 Å². The van der Waals surface area contributed by atoms with Crippen LogP contribution in [0.2, 0.25) is 0 Å². The average Bonchev–Trinajstić information content (AvgIpc) is 2.73. The summed E-state index contributed by atoms with van der Waals surface area (Å²) in [7, 11) is 0. The Kier molecular flexibility index (Phi) is 3.13. The predicted octanol–water partition coefficient (Wildman–Crippen LogP) is 1.45. The van der Waals surface area contributed by atoms with E-state index in [-0.39, 0.29) is 18.3 Å². The molecule has 0 saturated heterocycles. The Hall–Kier alpha value is -2.24. The molecule has 2 rings (SSSR count). The van der Waals surface area contributed by atoms with Crippen molar-refractivity contribution < 1.29 is 13.7 Å². The minimum Gasteiger partial charge on any atom is -0.343 e. The molecule has 5 nitrogen and oxygen atoms in total. The number of carbonyl (C=O) groups is 1. The third-order valence-electron chi connectivity index (χ3n) is 2.08.